The highest BCUT2D eigenvalue weighted by atomic mass is 79.9. The zero-order chi connectivity index (χ0) is 14.9. The van der Waals surface area contributed by atoms with Crippen molar-refractivity contribution in [2.24, 2.45) is 0 Å². The summed E-state index contributed by atoms with van der Waals surface area (Å²) in [5.74, 6) is 0. The van der Waals surface area contributed by atoms with Gasteiger partial charge in [0.15, 0.2) is 0 Å². The molecule has 1 unspecified atom stereocenters. The molecule has 1 heterocycles. The van der Waals surface area contributed by atoms with Gasteiger partial charge in [0.2, 0.25) is 0 Å². The van der Waals surface area contributed by atoms with E-state index in [1.165, 1.54) is 0 Å². The summed E-state index contributed by atoms with van der Waals surface area (Å²) in [6.07, 6.45) is 2.39. The van der Waals surface area contributed by atoms with Gasteiger partial charge in [0, 0.05) is 16.1 Å². The molecule has 0 bridgehead atoms. The van der Waals surface area contributed by atoms with Crippen LogP contribution in [-0.4, -0.2) is 10.1 Å². The quantitative estimate of drug-likeness (QED) is 0.752. The first-order valence-electron chi connectivity index (χ1n) is 6.97. The Hall–Kier alpha value is -1.71. The number of pyridine rings is 1. The highest BCUT2D eigenvalue weighted by Crippen LogP contribution is 2.35. The molecule has 0 fully saturated rings. The number of rotatable bonds is 3. The highest BCUT2D eigenvalue weighted by molar-refractivity contribution is 9.10. The van der Waals surface area contributed by atoms with Crippen molar-refractivity contribution in [2.75, 3.05) is 0 Å². The maximum atomic E-state index is 11.2. The molecule has 2 aromatic carbocycles. The largest absolute Gasteiger partial charge is 0.380 e. The minimum absolute atomic E-state index is 0.606. The molecule has 0 saturated carbocycles. The summed E-state index contributed by atoms with van der Waals surface area (Å²) in [5.41, 5.74) is 1.73. The summed E-state index contributed by atoms with van der Waals surface area (Å²) in [7, 11) is 0. The number of halogens is 1. The van der Waals surface area contributed by atoms with E-state index in [9.17, 15) is 5.11 Å². The second kappa shape index (κ2) is 5.58. The molecule has 0 radical (unpaired) electrons. The standard InChI is InChI=1S/C18H16BrNO/c1-2-18(21,14-6-3-7-16(19)12-14)15-8-9-17-13(11-15)5-4-10-20-17/h3-12,21H,2H2,1H3. The van der Waals surface area contributed by atoms with Gasteiger partial charge >= 0.3 is 0 Å². The summed E-state index contributed by atoms with van der Waals surface area (Å²) in [4.78, 5) is 4.33. The Labute approximate surface area is 132 Å². The van der Waals surface area contributed by atoms with Gasteiger partial charge in [-0.05, 0) is 47.9 Å². The van der Waals surface area contributed by atoms with E-state index in [0.717, 1.165) is 26.5 Å². The Morgan fingerprint density at radius 3 is 2.62 bits per heavy atom. The minimum atomic E-state index is -0.992. The average Bonchev–Trinajstić information content (AvgIpc) is 2.53. The van der Waals surface area contributed by atoms with E-state index in [4.69, 9.17) is 0 Å². The topological polar surface area (TPSA) is 33.1 Å². The predicted octanol–water partition coefficient (Wildman–Crippen LogP) is 4.64. The third kappa shape index (κ3) is 2.59. The number of benzene rings is 2. The molecule has 3 rings (SSSR count). The molecule has 0 aliphatic heterocycles. The molecule has 0 amide bonds. The molecule has 0 saturated heterocycles. The van der Waals surface area contributed by atoms with E-state index in [2.05, 4.69) is 20.9 Å². The van der Waals surface area contributed by atoms with Crippen molar-refractivity contribution >= 4 is 26.8 Å². The third-order valence-corrected chi connectivity index (χ3v) is 4.39. The average molecular weight is 342 g/mol. The van der Waals surface area contributed by atoms with Crippen molar-refractivity contribution in [3.8, 4) is 0 Å². The normalized spacial score (nSPS) is 14.0. The third-order valence-electron chi connectivity index (χ3n) is 3.89. The molecule has 3 heteroatoms. The Balaban J connectivity index is 2.16. The number of fused-ring (bicyclic) bond motifs is 1. The van der Waals surface area contributed by atoms with E-state index >= 15 is 0 Å². The molecule has 0 aliphatic carbocycles. The van der Waals surface area contributed by atoms with Crippen molar-refractivity contribution in [1.82, 2.24) is 4.98 Å². The zero-order valence-electron chi connectivity index (χ0n) is 11.8. The SMILES string of the molecule is CCC(O)(c1cccc(Br)c1)c1ccc2ncccc2c1. The second-order valence-electron chi connectivity index (χ2n) is 5.14. The number of hydrogen-bond acceptors (Lipinski definition) is 2. The molecular formula is C18H16BrNO. The first kappa shape index (κ1) is 14.2. The maximum absolute atomic E-state index is 11.2. The molecular weight excluding hydrogens is 326 g/mol. The molecule has 2 nitrogen and oxygen atoms in total. The van der Waals surface area contributed by atoms with Gasteiger partial charge in [-0.15, -0.1) is 0 Å². The maximum Gasteiger partial charge on any atom is 0.114 e. The zero-order valence-corrected chi connectivity index (χ0v) is 13.3. The monoisotopic (exact) mass is 341 g/mol. The van der Waals surface area contributed by atoms with E-state index in [1.54, 1.807) is 6.20 Å². The lowest BCUT2D eigenvalue weighted by Gasteiger charge is -2.28. The van der Waals surface area contributed by atoms with Crippen molar-refractivity contribution in [2.45, 2.75) is 18.9 Å². The summed E-state index contributed by atoms with van der Waals surface area (Å²) in [6.45, 7) is 1.99. The van der Waals surface area contributed by atoms with Crippen LogP contribution < -0.4 is 0 Å². The fourth-order valence-corrected chi connectivity index (χ4v) is 3.05. The first-order chi connectivity index (χ1) is 10.1. The Bertz CT molecular complexity index is 787. The van der Waals surface area contributed by atoms with Crippen LogP contribution in [0.5, 0.6) is 0 Å². The molecule has 21 heavy (non-hydrogen) atoms. The second-order valence-corrected chi connectivity index (χ2v) is 6.05. The van der Waals surface area contributed by atoms with Crippen LogP contribution in [0.2, 0.25) is 0 Å². The number of nitrogens with zero attached hydrogens (tertiary/aromatic N) is 1. The van der Waals surface area contributed by atoms with E-state index in [1.807, 2.05) is 61.5 Å². The van der Waals surface area contributed by atoms with Crippen LogP contribution in [0.3, 0.4) is 0 Å². The molecule has 3 aromatic rings. The van der Waals surface area contributed by atoms with Crippen molar-refractivity contribution < 1.29 is 5.11 Å². The smallest absolute Gasteiger partial charge is 0.114 e. The minimum Gasteiger partial charge on any atom is -0.380 e. The van der Waals surface area contributed by atoms with Gasteiger partial charge in [-0.1, -0.05) is 47.1 Å². The van der Waals surface area contributed by atoms with Crippen LogP contribution in [-0.2, 0) is 5.60 Å². The lowest BCUT2D eigenvalue weighted by Crippen LogP contribution is -2.26. The Morgan fingerprint density at radius 2 is 1.86 bits per heavy atom. The van der Waals surface area contributed by atoms with Crippen molar-refractivity contribution in [3.05, 3.63) is 76.4 Å². The van der Waals surface area contributed by atoms with Crippen LogP contribution in [0.1, 0.15) is 24.5 Å². The van der Waals surface area contributed by atoms with Crippen LogP contribution in [0.25, 0.3) is 10.9 Å². The fraction of sp³-hybridized carbons (Fsp3) is 0.167. The summed E-state index contributed by atoms with van der Waals surface area (Å²) < 4.78 is 0.967. The van der Waals surface area contributed by atoms with Crippen LogP contribution >= 0.6 is 15.9 Å². The molecule has 1 aromatic heterocycles. The predicted molar refractivity (Wildman–Crippen MR) is 89.2 cm³/mol. The number of aromatic nitrogens is 1. The van der Waals surface area contributed by atoms with Gasteiger partial charge in [0.05, 0.1) is 5.52 Å². The summed E-state index contributed by atoms with van der Waals surface area (Å²) in [6, 6.07) is 17.7. The summed E-state index contributed by atoms with van der Waals surface area (Å²) >= 11 is 3.48. The van der Waals surface area contributed by atoms with Crippen molar-refractivity contribution in [1.29, 1.82) is 0 Å². The van der Waals surface area contributed by atoms with Crippen molar-refractivity contribution in [3.63, 3.8) is 0 Å². The van der Waals surface area contributed by atoms with E-state index < -0.39 is 5.60 Å². The highest BCUT2D eigenvalue weighted by Gasteiger charge is 2.29. The molecule has 0 spiro atoms. The van der Waals surface area contributed by atoms with Crippen LogP contribution in [0, 0.1) is 0 Å². The number of aliphatic hydroxyl groups is 1. The van der Waals surface area contributed by atoms with Gasteiger partial charge in [0.25, 0.3) is 0 Å². The Kier molecular flexibility index (Phi) is 3.79. The molecule has 1 N–H and O–H groups in total. The van der Waals surface area contributed by atoms with Gasteiger partial charge in [-0.2, -0.15) is 0 Å². The number of hydrogen-bond donors (Lipinski definition) is 1. The van der Waals surface area contributed by atoms with Crippen LogP contribution in [0.4, 0.5) is 0 Å². The van der Waals surface area contributed by atoms with Crippen LogP contribution in [0.15, 0.2) is 65.3 Å². The Morgan fingerprint density at radius 1 is 1.05 bits per heavy atom. The first-order valence-corrected chi connectivity index (χ1v) is 7.76. The van der Waals surface area contributed by atoms with Gasteiger partial charge < -0.3 is 5.11 Å². The summed E-state index contributed by atoms with van der Waals surface area (Å²) in [5, 5.41) is 12.2. The van der Waals surface area contributed by atoms with Gasteiger partial charge in [0.1, 0.15) is 5.60 Å². The van der Waals surface area contributed by atoms with E-state index in [0.29, 0.717) is 6.42 Å². The lowest BCUT2D eigenvalue weighted by atomic mass is 9.83. The van der Waals surface area contributed by atoms with E-state index in [-0.39, 0.29) is 0 Å². The molecule has 0 aliphatic rings. The van der Waals surface area contributed by atoms with Gasteiger partial charge in [-0.3, -0.25) is 4.98 Å². The fourth-order valence-electron chi connectivity index (χ4n) is 2.65. The molecule has 1 atom stereocenters. The molecule has 106 valence electrons. The lowest BCUT2D eigenvalue weighted by molar-refractivity contribution is 0.0766. The van der Waals surface area contributed by atoms with Gasteiger partial charge in [-0.25, -0.2) is 0 Å².